The summed E-state index contributed by atoms with van der Waals surface area (Å²) in [6.45, 7) is 5.93. The predicted molar refractivity (Wildman–Crippen MR) is 243 cm³/mol. The molecule has 2 unspecified atom stereocenters. The van der Waals surface area contributed by atoms with E-state index in [0.717, 1.165) is 57.0 Å². The molecule has 2 aromatic heterocycles. The highest BCUT2D eigenvalue weighted by molar-refractivity contribution is 7.89. The molecule has 2 aliphatic rings. The first-order valence-corrected chi connectivity index (χ1v) is 23.9. The Hall–Kier alpha value is -6.58. The van der Waals surface area contributed by atoms with Crippen molar-refractivity contribution < 1.29 is 44.6 Å². The number of hydrogen-bond donors (Lipinski definition) is 2. The van der Waals surface area contributed by atoms with E-state index in [9.17, 15) is 16.8 Å². The standard InChI is InChI=1S/2C25H23NO5S/c2*1-17-20-10-5-6-11-21(20)31-25(17)24(18-8-3-2-4-9-18)26-32(27,28)19-12-13-22-23(16-19)30-15-7-14-29-22/h2*2-6,8-13,16,24,26H,7,14-15H2,1H3. The van der Waals surface area contributed by atoms with E-state index in [0.29, 0.717) is 60.9 Å². The predicted octanol–water partition coefficient (Wildman–Crippen LogP) is 9.94. The summed E-state index contributed by atoms with van der Waals surface area (Å²) in [5, 5.41) is 1.91. The lowest BCUT2D eigenvalue weighted by molar-refractivity contribution is 0.296. The highest BCUT2D eigenvalue weighted by Gasteiger charge is 2.31. The molecule has 14 heteroatoms. The maximum atomic E-state index is 13.4. The van der Waals surface area contributed by atoms with Crippen LogP contribution < -0.4 is 28.4 Å². The fourth-order valence-electron chi connectivity index (χ4n) is 7.84. The van der Waals surface area contributed by atoms with Gasteiger partial charge in [0.05, 0.1) is 36.2 Å². The highest BCUT2D eigenvalue weighted by atomic mass is 32.2. The zero-order chi connectivity index (χ0) is 44.3. The Bertz CT molecular complexity index is 2940. The Labute approximate surface area is 371 Å². The monoisotopic (exact) mass is 898 g/mol. The van der Waals surface area contributed by atoms with Gasteiger partial charge in [-0.2, -0.15) is 9.44 Å². The average Bonchev–Trinajstić information content (AvgIpc) is 3.57. The molecule has 0 spiro atoms. The number of fused-ring (bicyclic) bond motifs is 4. The first kappa shape index (κ1) is 42.7. The lowest BCUT2D eigenvalue weighted by Crippen LogP contribution is -2.29. The summed E-state index contributed by atoms with van der Waals surface area (Å²) in [6, 6.07) is 42.2. The van der Waals surface area contributed by atoms with Crippen molar-refractivity contribution in [3.63, 3.8) is 0 Å². The SMILES string of the molecule is Cc1c(C(NS(=O)(=O)c2ccc3c(c2)OCCCO3)c2ccccc2)oc2ccccc12.Cc1c(C(NS(=O)(=O)c2ccc3c(c2)OCCCO3)c2ccccc2)oc2ccccc12. The van der Waals surface area contributed by atoms with E-state index < -0.39 is 32.1 Å². The molecule has 8 aromatic rings. The Kier molecular flexibility index (Phi) is 12.2. The first-order chi connectivity index (χ1) is 31.1. The lowest BCUT2D eigenvalue weighted by atomic mass is 10.0. The molecular formula is C50H46N2O10S2. The number of aryl methyl sites for hydroxylation is 2. The Balaban J connectivity index is 0.000000162. The van der Waals surface area contributed by atoms with Crippen molar-refractivity contribution in [3.05, 3.63) is 179 Å². The molecule has 64 heavy (non-hydrogen) atoms. The van der Waals surface area contributed by atoms with Crippen LogP contribution in [-0.2, 0) is 20.0 Å². The molecule has 2 aliphatic heterocycles. The number of nitrogens with one attached hydrogen (secondary N) is 2. The average molecular weight is 899 g/mol. The fourth-order valence-corrected chi connectivity index (χ4v) is 10.2. The van der Waals surface area contributed by atoms with Crippen LogP contribution in [0.4, 0.5) is 0 Å². The van der Waals surface area contributed by atoms with Gasteiger partial charge in [-0.3, -0.25) is 0 Å². The normalized spacial score (nSPS) is 14.8. The van der Waals surface area contributed by atoms with Gasteiger partial charge in [-0.1, -0.05) is 97.1 Å². The van der Waals surface area contributed by atoms with Crippen molar-refractivity contribution in [2.75, 3.05) is 26.4 Å². The number of sulfonamides is 2. The molecule has 0 saturated heterocycles. The molecule has 0 bridgehead atoms. The van der Waals surface area contributed by atoms with Crippen LogP contribution in [0.1, 0.15) is 58.7 Å². The zero-order valence-electron chi connectivity index (χ0n) is 35.2. The van der Waals surface area contributed by atoms with Crippen LogP contribution >= 0.6 is 0 Å². The maximum Gasteiger partial charge on any atom is 0.241 e. The van der Waals surface area contributed by atoms with E-state index in [2.05, 4.69) is 9.44 Å². The minimum Gasteiger partial charge on any atom is -0.490 e. The van der Waals surface area contributed by atoms with E-state index >= 15 is 0 Å². The minimum atomic E-state index is -3.90. The number of benzene rings is 6. The van der Waals surface area contributed by atoms with Crippen molar-refractivity contribution in [2.45, 2.75) is 48.6 Å². The lowest BCUT2D eigenvalue weighted by Gasteiger charge is -2.19. The Morgan fingerprint density at radius 3 is 1.19 bits per heavy atom. The fraction of sp³-hybridized carbons (Fsp3) is 0.200. The molecule has 6 aromatic carbocycles. The van der Waals surface area contributed by atoms with Crippen LogP contribution in [-0.4, -0.2) is 43.3 Å². The number of furan rings is 2. The molecule has 0 aliphatic carbocycles. The summed E-state index contributed by atoms with van der Waals surface area (Å²) >= 11 is 0. The second kappa shape index (κ2) is 18.3. The second-order valence-corrected chi connectivity index (χ2v) is 18.9. The van der Waals surface area contributed by atoms with E-state index in [1.165, 1.54) is 24.3 Å². The van der Waals surface area contributed by atoms with Crippen molar-refractivity contribution in [2.24, 2.45) is 0 Å². The van der Waals surface area contributed by atoms with E-state index in [1.54, 1.807) is 12.1 Å². The number of ether oxygens (including phenoxy) is 4. The summed E-state index contributed by atoms with van der Waals surface area (Å²) in [5.74, 6) is 3.09. The molecule has 0 saturated carbocycles. The van der Waals surface area contributed by atoms with Gasteiger partial charge in [-0.15, -0.1) is 0 Å². The van der Waals surface area contributed by atoms with E-state index in [1.807, 2.05) is 123 Å². The highest BCUT2D eigenvalue weighted by Crippen LogP contribution is 2.38. The smallest absolute Gasteiger partial charge is 0.241 e. The quantitative estimate of drug-likeness (QED) is 0.136. The molecule has 2 N–H and O–H groups in total. The first-order valence-electron chi connectivity index (χ1n) is 21.0. The number of rotatable bonds is 10. The van der Waals surface area contributed by atoms with Crippen LogP contribution in [0.2, 0.25) is 0 Å². The van der Waals surface area contributed by atoms with Gasteiger partial charge in [-0.25, -0.2) is 16.8 Å². The Morgan fingerprint density at radius 1 is 0.438 bits per heavy atom. The van der Waals surface area contributed by atoms with Gasteiger partial charge >= 0.3 is 0 Å². The van der Waals surface area contributed by atoms with Crippen molar-refractivity contribution in [3.8, 4) is 23.0 Å². The van der Waals surface area contributed by atoms with Gasteiger partial charge in [0.2, 0.25) is 20.0 Å². The van der Waals surface area contributed by atoms with Gasteiger partial charge in [0, 0.05) is 46.9 Å². The largest absolute Gasteiger partial charge is 0.490 e. The molecular weight excluding hydrogens is 853 g/mol. The molecule has 10 rings (SSSR count). The van der Waals surface area contributed by atoms with Crippen molar-refractivity contribution in [1.82, 2.24) is 9.44 Å². The summed E-state index contributed by atoms with van der Waals surface area (Å²) in [4.78, 5) is 0.216. The second-order valence-electron chi connectivity index (χ2n) is 15.4. The van der Waals surface area contributed by atoms with Crippen LogP contribution in [0.5, 0.6) is 23.0 Å². The number of hydrogen-bond acceptors (Lipinski definition) is 10. The maximum absolute atomic E-state index is 13.4. The third kappa shape index (κ3) is 8.95. The van der Waals surface area contributed by atoms with E-state index in [-0.39, 0.29) is 9.79 Å². The van der Waals surface area contributed by atoms with Crippen LogP contribution in [0.15, 0.2) is 164 Å². The third-order valence-electron chi connectivity index (χ3n) is 11.2. The third-order valence-corrected chi connectivity index (χ3v) is 14.0. The van der Waals surface area contributed by atoms with Crippen molar-refractivity contribution in [1.29, 1.82) is 0 Å². The van der Waals surface area contributed by atoms with Gasteiger partial charge in [0.1, 0.15) is 34.8 Å². The van der Waals surface area contributed by atoms with Gasteiger partial charge in [0.15, 0.2) is 23.0 Å². The number of para-hydroxylation sites is 2. The molecule has 0 fully saturated rings. The van der Waals surface area contributed by atoms with Gasteiger partial charge in [0.25, 0.3) is 0 Å². The summed E-state index contributed by atoms with van der Waals surface area (Å²) in [5.41, 5.74) is 4.80. The molecule has 0 radical (unpaired) electrons. The summed E-state index contributed by atoms with van der Waals surface area (Å²) < 4.78 is 94.3. The van der Waals surface area contributed by atoms with Crippen LogP contribution in [0.3, 0.4) is 0 Å². The molecule has 4 heterocycles. The topological polar surface area (TPSA) is 156 Å². The molecule has 0 amide bonds. The van der Waals surface area contributed by atoms with Gasteiger partial charge in [-0.05, 0) is 61.4 Å². The molecule has 2 atom stereocenters. The summed E-state index contributed by atoms with van der Waals surface area (Å²) in [7, 11) is -7.80. The zero-order valence-corrected chi connectivity index (χ0v) is 36.8. The van der Waals surface area contributed by atoms with Gasteiger partial charge < -0.3 is 27.8 Å². The summed E-state index contributed by atoms with van der Waals surface area (Å²) in [6.07, 6.45) is 1.49. The molecule has 328 valence electrons. The minimum absolute atomic E-state index is 0.108. The van der Waals surface area contributed by atoms with Crippen LogP contribution in [0.25, 0.3) is 21.9 Å². The van der Waals surface area contributed by atoms with E-state index in [4.69, 9.17) is 27.8 Å². The molecule has 12 nitrogen and oxygen atoms in total. The van der Waals surface area contributed by atoms with Crippen molar-refractivity contribution >= 4 is 42.0 Å². The van der Waals surface area contributed by atoms with Crippen LogP contribution in [0, 0.1) is 13.8 Å². The Morgan fingerprint density at radius 2 is 0.797 bits per heavy atom.